The van der Waals surface area contributed by atoms with Gasteiger partial charge in [-0.05, 0) is 12.1 Å². The highest BCUT2D eigenvalue weighted by Gasteiger charge is 2.14. The zero-order valence-corrected chi connectivity index (χ0v) is 6.50. The Kier molecular flexibility index (Phi) is 1.01. The van der Waals surface area contributed by atoms with Crippen molar-refractivity contribution in [3.63, 3.8) is 0 Å². The number of ether oxygens (including phenoxy) is 1. The molecule has 2 heterocycles. The van der Waals surface area contributed by atoms with Crippen LogP contribution in [0.5, 0.6) is 5.75 Å². The number of aromatic amines is 1. The number of aromatic nitrogens is 2. The first-order chi connectivity index (χ1) is 5.95. The molecule has 12 heavy (non-hydrogen) atoms. The van der Waals surface area contributed by atoms with E-state index in [4.69, 9.17) is 4.74 Å². The fourth-order valence-electron chi connectivity index (χ4n) is 1.66. The summed E-state index contributed by atoms with van der Waals surface area (Å²) in [6.07, 6.45) is 0.938. The topological polar surface area (TPSA) is 37.9 Å². The number of H-pyrrole nitrogens is 1. The van der Waals surface area contributed by atoms with E-state index in [1.165, 1.54) is 5.69 Å². The minimum absolute atomic E-state index is 0.758. The van der Waals surface area contributed by atoms with Crippen LogP contribution in [0.2, 0.25) is 0 Å². The van der Waals surface area contributed by atoms with Crippen molar-refractivity contribution in [3.8, 4) is 5.75 Å². The number of rotatable bonds is 0. The molecule has 1 aromatic heterocycles. The molecule has 0 radical (unpaired) electrons. The van der Waals surface area contributed by atoms with E-state index in [0.29, 0.717) is 0 Å². The highest BCUT2D eigenvalue weighted by atomic mass is 16.5. The molecule has 0 saturated carbocycles. The van der Waals surface area contributed by atoms with Gasteiger partial charge in [0.2, 0.25) is 0 Å². The third kappa shape index (κ3) is 0.630. The molecule has 0 saturated heterocycles. The van der Waals surface area contributed by atoms with Crippen LogP contribution in [0, 0.1) is 0 Å². The van der Waals surface area contributed by atoms with E-state index >= 15 is 0 Å². The Morgan fingerprint density at radius 2 is 2.42 bits per heavy atom. The Hall–Kier alpha value is -1.51. The average Bonchev–Trinajstić information content (AvgIpc) is 2.52. The van der Waals surface area contributed by atoms with Crippen LogP contribution in [0.25, 0.3) is 10.9 Å². The lowest BCUT2D eigenvalue weighted by molar-refractivity contribution is 0.316. The standard InChI is InChI=1S/C9H8N2O/c1-2-6-9-7(11-10-6)4-5-12-8(9)3-1/h1-3H,4-5H2,(H,10,11). The zero-order chi connectivity index (χ0) is 7.97. The van der Waals surface area contributed by atoms with Gasteiger partial charge in [0.1, 0.15) is 5.75 Å². The minimum Gasteiger partial charge on any atom is -0.492 e. The Labute approximate surface area is 69.3 Å². The predicted octanol–water partition coefficient (Wildman–Crippen LogP) is 1.50. The van der Waals surface area contributed by atoms with Gasteiger partial charge in [-0.2, -0.15) is 5.10 Å². The SMILES string of the molecule is c1cc2c3c([nH]nc3c1)CCO2. The maximum Gasteiger partial charge on any atom is 0.130 e. The first-order valence-electron chi connectivity index (χ1n) is 4.04. The molecule has 0 bridgehead atoms. The Morgan fingerprint density at radius 3 is 3.42 bits per heavy atom. The molecule has 0 aliphatic carbocycles. The Balaban J connectivity index is 2.50. The van der Waals surface area contributed by atoms with Gasteiger partial charge in [-0.3, -0.25) is 5.10 Å². The maximum atomic E-state index is 5.49. The van der Waals surface area contributed by atoms with Crippen molar-refractivity contribution >= 4 is 10.9 Å². The van der Waals surface area contributed by atoms with Gasteiger partial charge in [0.25, 0.3) is 0 Å². The second-order valence-corrected chi connectivity index (χ2v) is 2.95. The highest BCUT2D eigenvalue weighted by Crippen LogP contribution is 2.30. The molecule has 3 heteroatoms. The van der Waals surface area contributed by atoms with Crippen molar-refractivity contribution in [2.24, 2.45) is 0 Å². The van der Waals surface area contributed by atoms with Crippen molar-refractivity contribution < 1.29 is 4.74 Å². The van der Waals surface area contributed by atoms with Crippen LogP contribution >= 0.6 is 0 Å². The molecular formula is C9H8N2O. The molecular weight excluding hydrogens is 152 g/mol. The number of nitrogens with one attached hydrogen (secondary N) is 1. The molecule has 0 atom stereocenters. The van der Waals surface area contributed by atoms with Gasteiger partial charge in [0.05, 0.1) is 23.2 Å². The number of hydrogen-bond donors (Lipinski definition) is 1. The molecule has 0 fully saturated rings. The molecule has 3 rings (SSSR count). The first kappa shape index (κ1) is 6.06. The van der Waals surface area contributed by atoms with Crippen LogP contribution in [0.4, 0.5) is 0 Å². The largest absolute Gasteiger partial charge is 0.492 e. The summed E-state index contributed by atoms with van der Waals surface area (Å²) < 4.78 is 5.49. The van der Waals surface area contributed by atoms with Crippen LogP contribution in [-0.4, -0.2) is 16.8 Å². The van der Waals surface area contributed by atoms with E-state index in [1.54, 1.807) is 0 Å². The third-order valence-corrected chi connectivity index (χ3v) is 2.23. The molecule has 0 spiro atoms. The van der Waals surface area contributed by atoms with Gasteiger partial charge in [-0.15, -0.1) is 0 Å². The number of nitrogens with zero attached hydrogens (tertiary/aromatic N) is 1. The molecule has 1 aliphatic heterocycles. The summed E-state index contributed by atoms with van der Waals surface area (Å²) >= 11 is 0. The summed E-state index contributed by atoms with van der Waals surface area (Å²) in [5.74, 6) is 0.961. The molecule has 2 aromatic rings. The van der Waals surface area contributed by atoms with Crippen LogP contribution in [0.15, 0.2) is 18.2 Å². The second-order valence-electron chi connectivity index (χ2n) is 2.95. The van der Waals surface area contributed by atoms with Gasteiger partial charge in [0.15, 0.2) is 0 Å². The third-order valence-electron chi connectivity index (χ3n) is 2.23. The van der Waals surface area contributed by atoms with E-state index in [1.807, 2.05) is 18.2 Å². The Morgan fingerprint density at radius 1 is 1.42 bits per heavy atom. The van der Waals surface area contributed by atoms with E-state index in [9.17, 15) is 0 Å². The van der Waals surface area contributed by atoms with E-state index in [-0.39, 0.29) is 0 Å². The minimum atomic E-state index is 0.758. The molecule has 1 N–H and O–H groups in total. The van der Waals surface area contributed by atoms with Crippen LogP contribution in [0.3, 0.4) is 0 Å². The summed E-state index contributed by atoms with van der Waals surface area (Å²) in [5, 5.41) is 8.37. The lowest BCUT2D eigenvalue weighted by Crippen LogP contribution is -2.07. The lowest BCUT2D eigenvalue weighted by atomic mass is 10.1. The summed E-state index contributed by atoms with van der Waals surface area (Å²) in [6.45, 7) is 0.758. The van der Waals surface area contributed by atoms with Crippen LogP contribution < -0.4 is 4.74 Å². The first-order valence-corrected chi connectivity index (χ1v) is 4.04. The maximum absolute atomic E-state index is 5.49. The van der Waals surface area contributed by atoms with Crippen molar-refractivity contribution in [1.29, 1.82) is 0 Å². The van der Waals surface area contributed by atoms with Gasteiger partial charge in [-0.25, -0.2) is 0 Å². The van der Waals surface area contributed by atoms with E-state index in [0.717, 1.165) is 29.7 Å². The van der Waals surface area contributed by atoms with Gasteiger partial charge in [0, 0.05) is 6.42 Å². The summed E-state index contributed by atoms with van der Waals surface area (Å²) in [4.78, 5) is 0. The van der Waals surface area contributed by atoms with E-state index in [2.05, 4.69) is 10.2 Å². The molecule has 1 aromatic carbocycles. The number of hydrogen-bond acceptors (Lipinski definition) is 2. The summed E-state index contributed by atoms with van der Waals surface area (Å²) in [7, 11) is 0. The number of benzene rings is 1. The van der Waals surface area contributed by atoms with Crippen molar-refractivity contribution in [3.05, 3.63) is 23.9 Å². The molecule has 60 valence electrons. The summed E-state index contributed by atoms with van der Waals surface area (Å²) in [5.41, 5.74) is 2.20. The van der Waals surface area contributed by atoms with E-state index < -0.39 is 0 Å². The fraction of sp³-hybridized carbons (Fsp3) is 0.222. The monoisotopic (exact) mass is 160 g/mol. The molecule has 0 unspecified atom stereocenters. The molecule has 1 aliphatic rings. The predicted molar refractivity (Wildman–Crippen MR) is 45.3 cm³/mol. The lowest BCUT2D eigenvalue weighted by Gasteiger charge is -2.12. The smallest absolute Gasteiger partial charge is 0.130 e. The highest BCUT2D eigenvalue weighted by molar-refractivity contribution is 5.88. The molecule has 0 amide bonds. The van der Waals surface area contributed by atoms with Gasteiger partial charge in [-0.1, -0.05) is 6.07 Å². The average molecular weight is 160 g/mol. The normalized spacial score (nSPS) is 14.7. The van der Waals surface area contributed by atoms with Crippen molar-refractivity contribution in [1.82, 2.24) is 10.2 Å². The quantitative estimate of drug-likeness (QED) is 0.634. The Bertz CT molecular complexity index is 433. The van der Waals surface area contributed by atoms with Gasteiger partial charge >= 0.3 is 0 Å². The zero-order valence-electron chi connectivity index (χ0n) is 6.50. The molecule has 3 nitrogen and oxygen atoms in total. The van der Waals surface area contributed by atoms with Crippen molar-refractivity contribution in [2.75, 3.05) is 6.61 Å². The van der Waals surface area contributed by atoms with Crippen LogP contribution in [-0.2, 0) is 6.42 Å². The second kappa shape index (κ2) is 2.00. The van der Waals surface area contributed by atoms with Crippen molar-refractivity contribution in [2.45, 2.75) is 6.42 Å². The van der Waals surface area contributed by atoms with Crippen LogP contribution in [0.1, 0.15) is 5.69 Å². The summed E-state index contributed by atoms with van der Waals surface area (Å²) in [6, 6.07) is 5.95. The van der Waals surface area contributed by atoms with Gasteiger partial charge < -0.3 is 4.74 Å². The fourth-order valence-corrected chi connectivity index (χ4v) is 1.66.